The molecular weight excluding hydrogens is 294 g/mol. The molecule has 0 unspecified atom stereocenters. The minimum absolute atomic E-state index is 0.861. The lowest BCUT2D eigenvalue weighted by Gasteiger charge is -2.08. The van der Waals surface area contributed by atoms with Crippen LogP contribution in [0.4, 0.5) is 4.79 Å². The predicted molar refractivity (Wildman–Crippen MR) is 89.8 cm³/mol. The maximum atomic E-state index is 8.56. The van der Waals surface area contributed by atoms with Crippen LogP contribution in [0, 0.1) is 0 Å². The number of nitrogens with zero attached hydrogens (tertiary/aromatic N) is 1. The predicted octanol–water partition coefficient (Wildman–Crippen LogP) is 4.32. The summed E-state index contributed by atoms with van der Waals surface area (Å²) in [5.41, 5.74) is 3.39. The van der Waals surface area contributed by atoms with E-state index >= 15 is 0 Å². The summed E-state index contributed by atoms with van der Waals surface area (Å²) >= 11 is 0. The number of benzene rings is 1. The number of aromatic nitrogens is 1. The second-order valence-corrected chi connectivity index (χ2v) is 4.36. The minimum Gasteiger partial charge on any atom is -0.497 e. The first kappa shape index (κ1) is 18.0. The van der Waals surface area contributed by atoms with Crippen LogP contribution in [0.25, 0.3) is 5.57 Å². The van der Waals surface area contributed by atoms with Crippen LogP contribution in [0.2, 0.25) is 0 Å². The van der Waals surface area contributed by atoms with Gasteiger partial charge in [0, 0.05) is 18.0 Å². The number of rotatable bonds is 4. The number of hydrogen-bond donors (Lipinski definition) is 2. The van der Waals surface area contributed by atoms with Crippen molar-refractivity contribution in [2.75, 3.05) is 7.11 Å². The standard InChI is InChI=1S/C17H17NO.CH2O3/c1-3-4-7-17(15-6-5-12-18-13-15)14-8-10-16(19-2)11-9-14;2-1(3)4/h3-13H,1-2H3;(H2,2,3,4)/b4-3+,17-7+;. The van der Waals surface area contributed by atoms with Gasteiger partial charge in [-0.2, -0.15) is 0 Å². The zero-order chi connectivity index (χ0) is 17.1. The number of pyridine rings is 1. The molecule has 2 aromatic rings. The fourth-order valence-electron chi connectivity index (χ4n) is 1.84. The van der Waals surface area contributed by atoms with Crippen molar-refractivity contribution in [3.63, 3.8) is 0 Å². The lowest BCUT2D eigenvalue weighted by molar-refractivity contribution is 0.137. The Kier molecular flexibility index (Phi) is 7.64. The zero-order valence-electron chi connectivity index (χ0n) is 13.0. The molecule has 0 aliphatic heterocycles. The molecule has 120 valence electrons. The Balaban J connectivity index is 0.000000593. The Morgan fingerprint density at radius 3 is 2.26 bits per heavy atom. The Bertz CT molecular complexity index is 657. The fraction of sp³-hybridized carbons (Fsp3) is 0.111. The van der Waals surface area contributed by atoms with Gasteiger partial charge >= 0.3 is 6.16 Å². The van der Waals surface area contributed by atoms with E-state index in [2.05, 4.69) is 29.3 Å². The first-order chi connectivity index (χ1) is 11.1. The largest absolute Gasteiger partial charge is 0.503 e. The summed E-state index contributed by atoms with van der Waals surface area (Å²) in [6.45, 7) is 2.01. The molecule has 1 heterocycles. The van der Waals surface area contributed by atoms with Crippen molar-refractivity contribution in [1.82, 2.24) is 4.98 Å². The third-order valence-electron chi connectivity index (χ3n) is 2.83. The summed E-state index contributed by atoms with van der Waals surface area (Å²) in [5.74, 6) is 0.861. The molecule has 0 bridgehead atoms. The molecule has 5 heteroatoms. The third kappa shape index (κ3) is 6.48. The van der Waals surface area contributed by atoms with Crippen molar-refractivity contribution < 1.29 is 19.7 Å². The van der Waals surface area contributed by atoms with Gasteiger partial charge in [0.05, 0.1) is 7.11 Å². The molecule has 0 atom stereocenters. The highest BCUT2D eigenvalue weighted by atomic mass is 16.6. The summed E-state index contributed by atoms with van der Waals surface area (Å²) in [7, 11) is 1.67. The van der Waals surface area contributed by atoms with Crippen molar-refractivity contribution in [3.05, 3.63) is 78.1 Å². The molecule has 0 aliphatic carbocycles. The van der Waals surface area contributed by atoms with E-state index in [1.807, 2.05) is 43.5 Å². The molecule has 0 aliphatic rings. The Labute approximate surface area is 135 Å². The van der Waals surface area contributed by atoms with Crippen LogP contribution in [0.1, 0.15) is 18.1 Å². The lowest BCUT2D eigenvalue weighted by atomic mass is 9.99. The molecule has 0 radical (unpaired) electrons. The van der Waals surface area contributed by atoms with E-state index in [0.717, 1.165) is 22.4 Å². The highest BCUT2D eigenvalue weighted by molar-refractivity contribution is 5.80. The molecule has 2 N–H and O–H groups in total. The molecule has 5 nitrogen and oxygen atoms in total. The summed E-state index contributed by atoms with van der Waals surface area (Å²) in [4.78, 5) is 12.7. The van der Waals surface area contributed by atoms with E-state index < -0.39 is 6.16 Å². The molecule has 0 saturated carbocycles. The quantitative estimate of drug-likeness (QED) is 0.822. The number of hydrogen-bond acceptors (Lipinski definition) is 3. The van der Waals surface area contributed by atoms with E-state index in [0.29, 0.717) is 0 Å². The monoisotopic (exact) mass is 313 g/mol. The second-order valence-electron chi connectivity index (χ2n) is 4.36. The lowest BCUT2D eigenvalue weighted by Crippen LogP contribution is -1.89. The topological polar surface area (TPSA) is 79.7 Å². The van der Waals surface area contributed by atoms with Crippen LogP contribution < -0.4 is 4.74 Å². The summed E-state index contributed by atoms with van der Waals surface area (Å²) in [6, 6.07) is 12.1. The molecule has 1 aromatic carbocycles. The SMILES string of the molecule is C/C=C/C=C(\c1ccc(OC)cc1)c1cccnc1.O=C(O)O. The first-order valence-electron chi connectivity index (χ1n) is 6.88. The van der Waals surface area contributed by atoms with Gasteiger partial charge in [0.1, 0.15) is 5.75 Å². The highest BCUT2D eigenvalue weighted by Gasteiger charge is 2.04. The molecule has 0 saturated heterocycles. The number of carboxylic acid groups (broad SMARTS) is 2. The van der Waals surface area contributed by atoms with Crippen LogP contribution in [0.3, 0.4) is 0 Å². The number of methoxy groups -OCH3 is 1. The number of ether oxygens (including phenoxy) is 1. The number of carbonyl (C=O) groups is 1. The van der Waals surface area contributed by atoms with Gasteiger partial charge in [-0.3, -0.25) is 4.98 Å². The molecule has 1 aromatic heterocycles. The van der Waals surface area contributed by atoms with Gasteiger partial charge in [0.15, 0.2) is 0 Å². The maximum Gasteiger partial charge on any atom is 0.503 e. The molecule has 2 rings (SSSR count). The summed E-state index contributed by atoms with van der Waals surface area (Å²) < 4.78 is 5.19. The minimum atomic E-state index is -1.83. The van der Waals surface area contributed by atoms with Gasteiger partial charge in [-0.25, -0.2) is 4.79 Å². The van der Waals surface area contributed by atoms with Gasteiger partial charge in [0.25, 0.3) is 0 Å². The van der Waals surface area contributed by atoms with Crippen LogP contribution >= 0.6 is 0 Å². The smallest absolute Gasteiger partial charge is 0.497 e. The number of allylic oxidation sites excluding steroid dienone is 3. The zero-order valence-corrected chi connectivity index (χ0v) is 13.0. The van der Waals surface area contributed by atoms with Crippen LogP contribution in [-0.4, -0.2) is 28.5 Å². The highest BCUT2D eigenvalue weighted by Crippen LogP contribution is 2.24. The fourth-order valence-corrected chi connectivity index (χ4v) is 1.84. The van der Waals surface area contributed by atoms with Crippen molar-refractivity contribution in [3.8, 4) is 5.75 Å². The van der Waals surface area contributed by atoms with Crippen molar-refractivity contribution >= 4 is 11.7 Å². The van der Waals surface area contributed by atoms with Crippen molar-refractivity contribution in [2.24, 2.45) is 0 Å². The van der Waals surface area contributed by atoms with Gasteiger partial charge in [-0.15, -0.1) is 0 Å². The Morgan fingerprint density at radius 1 is 1.13 bits per heavy atom. The van der Waals surface area contributed by atoms with E-state index in [1.54, 1.807) is 13.3 Å². The second kappa shape index (κ2) is 9.78. The molecule has 0 spiro atoms. The van der Waals surface area contributed by atoms with E-state index in [4.69, 9.17) is 19.7 Å². The van der Waals surface area contributed by atoms with Crippen molar-refractivity contribution in [1.29, 1.82) is 0 Å². The van der Waals surface area contributed by atoms with Crippen molar-refractivity contribution in [2.45, 2.75) is 6.92 Å². The van der Waals surface area contributed by atoms with E-state index in [9.17, 15) is 0 Å². The van der Waals surface area contributed by atoms with Gasteiger partial charge < -0.3 is 14.9 Å². The summed E-state index contributed by atoms with van der Waals surface area (Å²) in [6.07, 6.45) is 7.97. The van der Waals surface area contributed by atoms with Gasteiger partial charge in [-0.1, -0.05) is 36.4 Å². The maximum absolute atomic E-state index is 8.56. The molecular formula is C18H19NO4. The van der Waals surface area contributed by atoms with E-state index in [-0.39, 0.29) is 0 Å². The van der Waals surface area contributed by atoms with E-state index in [1.165, 1.54) is 0 Å². The molecule has 0 amide bonds. The molecule has 23 heavy (non-hydrogen) atoms. The molecule has 0 fully saturated rings. The summed E-state index contributed by atoms with van der Waals surface area (Å²) in [5, 5.41) is 13.9. The average Bonchev–Trinajstić information content (AvgIpc) is 2.56. The normalized spacial score (nSPS) is 10.8. The average molecular weight is 313 g/mol. The Hall–Kier alpha value is -3.08. The van der Waals surface area contributed by atoms with Crippen LogP contribution in [-0.2, 0) is 0 Å². The van der Waals surface area contributed by atoms with Gasteiger partial charge in [0.2, 0.25) is 0 Å². The Morgan fingerprint density at radius 2 is 1.78 bits per heavy atom. The third-order valence-corrected chi connectivity index (χ3v) is 2.83. The van der Waals surface area contributed by atoms with Gasteiger partial charge in [-0.05, 0) is 36.3 Å². The van der Waals surface area contributed by atoms with Crippen LogP contribution in [0.5, 0.6) is 5.75 Å². The van der Waals surface area contributed by atoms with Crippen LogP contribution in [0.15, 0.2) is 67.0 Å². The first-order valence-corrected chi connectivity index (χ1v) is 6.88.